The standard InChI is InChI=1S/C17H19NO4S/c1-4-5-6-13(17(20)21)18-16(19)15-10(2)12-9-11(22-3)7-8-14(12)23-15/h4-5,7-9,13H,6H2,1-3H3,(H,18,19)(H,20,21)/b5-4+. The van der Waals surface area contributed by atoms with Crippen molar-refractivity contribution >= 4 is 33.3 Å². The number of fused-ring (bicyclic) bond motifs is 1. The zero-order valence-corrected chi connectivity index (χ0v) is 14.1. The Morgan fingerprint density at radius 3 is 2.78 bits per heavy atom. The van der Waals surface area contributed by atoms with Crippen molar-refractivity contribution in [1.29, 1.82) is 0 Å². The van der Waals surface area contributed by atoms with Crippen LogP contribution in [-0.2, 0) is 4.79 Å². The molecule has 1 unspecified atom stereocenters. The maximum Gasteiger partial charge on any atom is 0.326 e. The number of allylic oxidation sites excluding steroid dienone is 1. The number of methoxy groups -OCH3 is 1. The van der Waals surface area contributed by atoms with Gasteiger partial charge in [0.1, 0.15) is 11.8 Å². The topological polar surface area (TPSA) is 75.6 Å². The second kappa shape index (κ2) is 7.28. The molecule has 0 spiro atoms. The predicted molar refractivity (Wildman–Crippen MR) is 91.4 cm³/mol. The Morgan fingerprint density at radius 1 is 1.43 bits per heavy atom. The van der Waals surface area contributed by atoms with E-state index in [1.807, 2.05) is 32.0 Å². The van der Waals surface area contributed by atoms with Crippen LogP contribution >= 0.6 is 11.3 Å². The summed E-state index contributed by atoms with van der Waals surface area (Å²) in [6.45, 7) is 3.67. The molecule has 2 rings (SSSR count). The van der Waals surface area contributed by atoms with Gasteiger partial charge in [-0.25, -0.2) is 4.79 Å². The molecule has 0 radical (unpaired) electrons. The highest BCUT2D eigenvalue weighted by atomic mass is 32.1. The fourth-order valence-corrected chi connectivity index (χ4v) is 3.35. The van der Waals surface area contributed by atoms with Crippen molar-refractivity contribution in [3.8, 4) is 5.75 Å². The van der Waals surface area contributed by atoms with E-state index in [1.54, 1.807) is 19.3 Å². The number of carboxylic acid groups (broad SMARTS) is 1. The number of carbonyl (C=O) groups is 2. The number of nitrogens with one attached hydrogen (secondary N) is 1. The van der Waals surface area contributed by atoms with E-state index in [-0.39, 0.29) is 12.3 Å². The molecule has 0 fully saturated rings. The number of carbonyl (C=O) groups excluding carboxylic acids is 1. The first kappa shape index (κ1) is 17.0. The maximum absolute atomic E-state index is 12.4. The van der Waals surface area contributed by atoms with Crippen LogP contribution in [-0.4, -0.2) is 30.1 Å². The molecule has 0 saturated carbocycles. The molecule has 0 aliphatic heterocycles. The van der Waals surface area contributed by atoms with Crippen molar-refractivity contribution in [1.82, 2.24) is 5.32 Å². The predicted octanol–water partition coefficient (Wildman–Crippen LogP) is 3.37. The van der Waals surface area contributed by atoms with Gasteiger partial charge in [0.15, 0.2) is 0 Å². The van der Waals surface area contributed by atoms with Crippen molar-refractivity contribution in [2.75, 3.05) is 7.11 Å². The molecule has 6 heteroatoms. The Balaban J connectivity index is 2.30. The average Bonchev–Trinajstić information content (AvgIpc) is 2.87. The normalized spacial score (nSPS) is 12.5. The van der Waals surface area contributed by atoms with Crippen molar-refractivity contribution in [2.24, 2.45) is 0 Å². The lowest BCUT2D eigenvalue weighted by Gasteiger charge is -2.12. The summed E-state index contributed by atoms with van der Waals surface area (Å²) in [5.74, 6) is -0.682. The molecule has 2 aromatic rings. The van der Waals surface area contributed by atoms with E-state index in [4.69, 9.17) is 4.74 Å². The number of benzene rings is 1. The molecular formula is C17H19NO4S. The molecule has 0 saturated heterocycles. The van der Waals surface area contributed by atoms with Gasteiger partial charge in [-0.2, -0.15) is 0 Å². The molecule has 23 heavy (non-hydrogen) atoms. The summed E-state index contributed by atoms with van der Waals surface area (Å²) >= 11 is 1.35. The highest BCUT2D eigenvalue weighted by Crippen LogP contribution is 2.33. The zero-order valence-electron chi connectivity index (χ0n) is 13.3. The van der Waals surface area contributed by atoms with Crippen molar-refractivity contribution in [3.63, 3.8) is 0 Å². The van der Waals surface area contributed by atoms with E-state index in [0.717, 1.165) is 21.4 Å². The average molecular weight is 333 g/mol. The van der Waals surface area contributed by atoms with Crippen LogP contribution in [0.15, 0.2) is 30.4 Å². The number of amides is 1. The second-order valence-electron chi connectivity index (χ2n) is 5.09. The molecule has 1 aromatic heterocycles. The SMILES string of the molecule is C/C=C/CC(NC(=O)c1sc2ccc(OC)cc2c1C)C(=O)O. The van der Waals surface area contributed by atoms with Gasteiger partial charge in [-0.3, -0.25) is 4.79 Å². The molecule has 0 aliphatic rings. The first-order valence-electron chi connectivity index (χ1n) is 7.20. The third-order valence-corrected chi connectivity index (χ3v) is 4.83. The van der Waals surface area contributed by atoms with Crippen molar-refractivity contribution in [3.05, 3.63) is 40.8 Å². The van der Waals surface area contributed by atoms with Gasteiger partial charge in [-0.1, -0.05) is 12.2 Å². The van der Waals surface area contributed by atoms with E-state index in [9.17, 15) is 14.7 Å². The number of aryl methyl sites for hydroxylation is 1. The van der Waals surface area contributed by atoms with Crippen LogP contribution in [0.1, 0.15) is 28.6 Å². The minimum atomic E-state index is -1.04. The van der Waals surface area contributed by atoms with Gasteiger partial charge in [0.25, 0.3) is 5.91 Å². The third-order valence-electron chi connectivity index (χ3n) is 3.56. The van der Waals surface area contributed by atoms with Gasteiger partial charge in [-0.05, 0) is 49.4 Å². The van der Waals surface area contributed by atoms with Crippen LogP contribution in [0, 0.1) is 6.92 Å². The quantitative estimate of drug-likeness (QED) is 0.795. The van der Waals surface area contributed by atoms with Crippen LogP contribution in [0.2, 0.25) is 0 Å². The summed E-state index contributed by atoms with van der Waals surface area (Å²) in [5.41, 5.74) is 0.830. The second-order valence-corrected chi connectivity index (χ2v) is 6.14. The number of hydrogen-bond donors (Lipinski definition) is 2. The van der Waals surface area contributed by atoms with Gasteiger partial charge in [-0.15, -0.1) is 11.3 Å². The molecule has 5 nitrogen and oxygen atoms in total. The van der Waals surface area contributed by atoms with Gasteiger partial charge in [0.05, 0.1) is 12.0 Å². The van der Waals surface area contributed by atoms with Crippen LogP contribution in [0.3, 0.4) is 0 Å². The fraction of sp³-hybridized carbons (Fsp3) is 0.294. The smallest absolute Gasteiger partial charge is 0.326 e. The Labute approximate surface area is 138 Å². The van der Waals surface area contributed by atoms with Crippen molar-refractivity contribution in [2.45, 2.75) is 26.3 Å². The summed E-state index contributed by atoms with van der Waals surface area (Å²) in [6.07, 6.45) is 3.75. The molecule has 1 amide bonds. The van der Waals surface area contributed by atoms with Gasteiger partial charge in [0, 0.05) is 4.70 Å². The van der Waals surface area contributed by atoms with E-state index < -0.39 is 12.0 Å². The molecule has 0 bridgehead atoms. The first-order chi connectivity index (χ1) is 11.0. The molecular weight excluding hydrogens is 314 g/mol. The number of rotatable bonds is 6. The fourth-order valence-electron chi connectivity index (χ4n) is 2.26. The van der Waals surface area contributed by atoms with Gasteiger partial charge >= 0.3 is 5.97 Å². The highest BCUT2D eigenvalue weighted by Gasteiger charge is 2.22. The lowest BCUT2D eigenvalue weighted by Crippen LogP contribution is -2.40. The largest absolute Gasteiger partial charge is 0.497 e. The lowest BCUT2D eigenvalue weighted by molar-refractivity contribution is -0.139. The summed E-state index contributed by atoms with van der Waals surface area (Å²) in [7, 11) is 1.59. The number of thiophene rings is 1. The lowest BCUT2D eigenvalue weighted by atomic mass is 10.1. The summed E-state index contributed by atoms with van der Waals surface area (Å²) in [6, 6.07) is 4.69. The minimum Gasteiger partial charge on any atom is -0.497 e. The Kier molecular flexibility index (Phi) is 5.39. The first-order valence-corrected chi connectivity index (χ1v) is 8.01. The van der Waals surface area contributed by atoms with Crippen LogP contribution in [0.5, 0.6) is 5.75 Å². The molecule has 1 aromatic carbocycles. The number of aliphatic carboxylic acids is 1. The van der Waals surface area contributed by atoms with Crippen molar-refractivity contribution < 1.29 is 19.4 Å². The van der Waals surface area contributed by atoms with E-state index in [1.165, 1.54) is 11.3 Å². The number of ether oxygens (including phenoxy) is 1. The van der Waals surface area contributed by atoms with Crippen LogP contribution < -0.4 is 10.1 Å². The molecule has 122 valence electrons. The number of carboxylic acids is 1. The van der Waals surface area contributed by atoms with E-state index in [0.29, 0.717) is 4.88 Å². The monoisotopic (exact) mass is 333 g/mol. The number of hydrogen-bond acceptors (Lipinski definition) is 4. The molecule has 2 N–H and O–H groups in total. The van der Waals surface area contributed by atoms with Gasteiger partial charge in [0.2, 0.25) is 0 Å². The van der Waals surface area contributed by atoms with Crippen LogP contribution in [0.25, 0.3) is 10.1 Å². The van der Waals surface area contributed by atoms with Gasteiger partial charge < -0.3 is 15.2 Å². The van der Waals surface area contributed by atoms with Crippen LogP contribution in [0.4, 0.5) is 0 Å². The molecule has 1 heterocycles. The summed E-state index contributed by atoms with van der Waals surface area (Å²) in [5, 5.41) is 12.7. The Hall–Kier alpha value is -2.34. The summed E-state index contributed by atoms with van der Waals surface area (Å²) < 4.78 is 6.17. The van der Waals surface area contributed by atoms with E-state index >= 15 is 0 Å². The Morgan fingerprint density at radius 2 is 2.17 bits per heavy atom. The zero-order chi connectivity index (χ0) is 17.0. The third kappa shape index (κ3) is 3.71. The maximum atomic E-state index is 12.4. The highest BCUT2D eigenvalue weighted by molar-refractivity contribution is 7.21. The minimum absolute atomic E-state index is 0.259. The Bertz CT molecular complexity index is 763. The van der Waals surface area contributed by atoms with E-state index in [2.05, 4.69) is 5.32 Å². The summed E-state index contributed by atoms with van der Waals surface area (Å²) in [4.78, 5) is 24.2. The molecule has 1 atom stereocenters. The molecule has 0 aliphatic carbocycles.